The number of aromatic nitrogens is 3. The van der Waals surface area contributed by atoms with Crippen molar-refractivity contribution in [3.63, 3.8) is 0 Å². The summed E-state index contributed by atoms with van der Waals surface area (Å²) in [5, 5.41) is 3.21. The Morgan fingerprint density at radius 2 is 1.90 bits per heavy atom. The molecule has 0 saturated heterocycles. The van der Waals surface area contributed by atoms with E-state index in [1.165, 1.54) is 29.6 Å². The van der Waals surface area contributed by atoms with Gasteiger partial charge in [-0.15, -0.1) is 0 Å². The predicted octanol–water partition coefficient (Wildman–Crippen LogP) is 5.00. The molecule has 0 bridgehead atoms. The molecular weight excluding hydrogens is 387 g/mol. The highest BCUT2D eigenvalue weighted by Gasteiger charge is 2.18. The summed E-state index contributed by atoms with van der Waals surface area (Å²) >= 11 is 1.35. The maximum absolute atomic E-state index is 13.7. The fourth-order valence-corrected chi connectivity index (χ4v) is 3.85. The zero-order valence-electron chi connectivity index (χ0n) is 15.5. The van der Waals surface area contributed by atoms with Crippen molar-refractivity contribution in [3.8, 4) is 22.0 Å². The molecule has 2 aromatic heterocycles. The molecule has 4 aromatic rings. The number of anilines is 1. The zero-order valence-corrected chi connectivity index (χ0v) is 16.4. The summed E-state index contributed by atoms with van der Waals surface area (Å²) in [7, 11) is 1.91. The Kier molecular flexibility index (Phi) is 5.31. The second-order valence-corrected chi connectivity index (χ2v) is 7.27. The number of imidazole rings is 1. The summed E-state index contributed by atoms with van der Waals surface area (Å²) < 4.78 is 15.6. The lowest BCUT2D eigenvalue weighted by molar-refractivity contribution is -0.111. The quantitative estimate of drug-likeness (QED) is 0.476. The van der Waals surface area contributed by atoms with Crippen molar-refractivity contribution >= 4 is 28.5 Å². The molecule has 7 heteroatoms. The van der Waals surface area contributed by atoms with Crippen molar-refractivity contribution in [1.82, 2.24) is 14.5 Å². The van der Waals surface area contributed by atoms with Gasteiger partial charge in [-0.25, -0.2) is 14.4 Å². The molecule has 0 radical (unpaired) electrons. The molecule has 2 aromatic carbocycles. The van der Waals surface area contributed by atoms with E-state index in [0.29, 0.717) is 10.7 Å². The van der Waals surface area contributed by atoms with Crippen molar-refractivity contribution in [2.45, 2.75) is 0 Å². The number of aryl methyl sites for hydroxylation is 1. The molecule has 1 amide bonds. The molecule has 0 aliphatic heterocycles. The van der Waals surface area contributed by atoms with Crippen LogP contribution < -0.4 is 5.32 Å². The SMILES string of the molecule is Cn1ccnc1-c1sc(NC(=O)/C=C/c2ccccc2F)nc1-c1ccccc1. The van der Waals surface area contributed by atoms with Gasteiger partial charge in [0.05, 0.1) is 10.6 Å². The van der Waals surface area contributed by atoms with Gasteiger partial charge in [-0.2, -0.15) is 0 Å². The predicted molar refractivity (Wildman–Crippen MR) is 114 cm³/mol. The number of thiazole rings is 1. The van der Waals surface area contributed by atoms with E-state index in [4.69, 9.17) is 0 Å². The Labute approximate surface area is 171 Å². The van der Waals surface area contributed by atoms with Crippen molar-refractivity contribution in [1.29, 1.82) is 0 Å². The van der Waals surface area contributed by atoms with Gasteiger partial charge >= 0.3 is 0 Å². The molecule has 0 unspecified atom stereocenters. The minimum atomic E-state index is -0.381. The smallest absolute Gasteiger partial charge is 0.250 e. The molecule has 29 heavy (non-hydrogen) atoms. The molecule has 0 saturated carbocycles. The molecule has 1 N–H and O–H groups in total. The summed E-state index contributed by atoms with van der Waals surface area (Å²) in [4.78, 5) is 22.2. The number of amides is 1. The summed E-state index contributed by atoms with van der Waals surface area (Å²) in [6, 6.07) is 16.0. The molecule has 0 aliphatic carbocycles. The first-order valence-corrected chi connectivity index (χ1v) is 9.71. The highest BCUT2D eigenvalue weighted by molar-refractivity contribution is 7.19. The van der Waals surface area contributed by atoms with Crippen LogP contribution in [0.2, 0.25) is 0 Å². The lowest BCUT2D eigenvalue weighted by atomic mass is 10.1. The number of carbonyl (C=O) groups is 1. The van der Waals surface area contributed by atoms with Crippen LogP contribution in [0.15, 0.2) is 73.1 Å². The van der Waals surface area contributed by atoms with E-state index in [2.05, 4.69) is 15.3 Å². The Morgan fingerprint density at radius 3 is 2.62 bits per heavy atom. The van der Waals surface area contributed by atoms with Gasteiger partial charge in [0.1, 0.15) is 5.82 Å². The fourth-order valence-electron chi connectivity index (χ4n) is 2.82. The van der Waals surface area contributed by atoms with E-state index in [-0.39, 0.29) is 11.7 Å². The van der Waals surface area contributed by atoms with Crippen LogP contribution in [0, 0.1) is 5.82 Å². The van der Waals surface area contributed by atoms with Crippen LogP contribution in [-0.4, -0.2) is 20.4 Å². The van der Waals surface area contributed by atoms with Gasteiger partial charge in [0, 0.05) is 36.6 Å². The van der Waals surface area contributed by atoms with Gasteiger partial charge in [0.25, 0.3) is 0 Å². The molecule has 0 aliphatic rings. The molecule has 0 spiro atoms. The topological polar surface area (TPSA) is 59.8 Å². The van der Waals surface area contributed by atoms with E-state index in [1.54, 1.807) is 24.4 Å². The first kappa shape index (κ1) is 18.8. The number of nitrogens with one attached hydrogen (secondary N) is 1. The molecule has 144 valence electrons. The van der Waals surface area contributed by atoms with Gasteiger partial charge in [0.15, 0.2) is 11.0 Å². The Balaban J connectivity index is 1.63. The van der Waals surface area contributed by atoms with Crippen LogP contribution in [0.1, 0.15) is 5.56 Å². The van der Waals surface area contributed by atoms with Gasteiger partial charge in [-0.3, -0.25) is 10.1 Å². The van der Waals surface area contributed by atoms with Crippen LogP contribution in [0.5, 0.6) is 0 Å². The monoisotopic (exact) mass is 404 g/mol. The standard InChI is InChI=1S/C22H17FN4OS/c1-27-14-13-24-21(27)20-19(16-8-3-2-4-9-16)26-22(29-20)25-18(28)12-11-15-7-5-6-10-17(15)23/h2-14H,1H3,(H,25,26,28)/b12-11+. The average Bonchev–Trinajstić information content (AvgIpc) is 3.34. The molecule has 4 rings (SSSR count). The summed E-state index contributed by atoms with van der Waals surface area (Å²) in [6.07, 6.45) is 6.32. The lowest BCUT2D eigenvalue weighted by Crippen LogP contribution is -2.07. The molecule has 5 nitrogen and oxygen atoms in total. The number of halogens is 1. The van der Waals surface area contributed by atoms with Crippen LogP contribution >= 0.6 is 11.3 Å². The highest BCUT2D eigenvalue weighted by Crippen LogP contribution is 2.38. The van der Waals surface area contributed by atoms with Crippen molar-refractivity contribution in [2.75, 3.05) is 5.32 Å². The first-order chi connectivity index (χ1) is 14.1. The number of carbonyl (C=O) groups excluding carboxylic acids is 1. The zero-order chi connectivity index (χ0) is 20.2. The molecule has 2 heterocycles. The van der Waals surface area contributed by atoms with Crippen LogP contribution in [0.25, 0.3) is 28.0 Å². The third kappa shape index (κ3) is 4.14. The average molecular weight is 404 g/mol. The summed E-state index contributed by atoms with van der Waals surface area (Å²) in [5.74, 6) is 0.00554. The number of hydrogen-bond donors (Lipinski definition) is 1. The number of benzene rings is 2. The minimum absolute atomic E-state index is 0.348. The van der Waals surface area contributed by atoms with Crippen molar-refractivity contribution in [3.05, 3.63) is 84.4 Å². The van der Waals surface area contributed by atoms with E-state index in [9.17, 15) is 9.18 Å². The fraction of sp³-hybridized carbons (Fsp3) is 0.0455. The van der Waals surface area contributed by atoms with Gasteiger partial charge in [-0.1, -0.05) is 59.9 Å². The lowest BCUT2D eigenvalue weighted by Gasteiger charge is -2.02. The molecular formula is C22H17FN4OS. The second-order valence-electron chi connectivity index (χ2n) is 6.27. The van der Waals surface area contributed by atoms with Gasteiger partial charge in [0.2, 0.25) is 5.91 Å². The van der Waals surface area contributed by atoms with Crippen LogP contribution in [0.4, 0.5) is 9.52 Å². The van der Waals surface area contributed by atoms with E-state index < -0.39 is 0 Å². The van der Waals surface area contributed by atoms with E-state index in [1.807, 2.05) is 48.1 Å². The number of rotatable bonds is 5. The largest absolute Gasteiger partial charge is 0.333 e. The van der Waals surface area contributed by atoms with Crippen molar-refractivity contribution < 1.29 is 9.18 Å². The second kappa shape index (κ2) is 8.20. The molecule has 0 atom stereocenters. The van der Waals surface area contributed by atoms with Crippen LogP contribution in [0.3, 0.4) is 0 Å². The Bertz CT molecular complexity index is 1180. The van der Waals surface area contributed by atoms with E-state index in [0.717, 1.165) is 22.0 Å². The highest BCUT2D eigenvalue weighted by atomic mass is 32.1. The maximum Gasteiger partial charge on any atom is 0.250 e. The minimum Gasteiger partial charge on any atom is -0.333 e. The number of nitrogens with zero attached hydrogens (tertiary/aromatic N) is 3. The van der Waals surface area contributed by atoms with Crippen molar-refractivity contribution in [2.24, 2.45) is 7.05 Å². The Morgan fingerprint density at radius 1 is 1.14 bits per heavy atom. The summed E-state index contributed by atoms with van der Waals surface area (Å²) in [6.45, 7) is 0. The van der Waals surface area contributed by atoms with E-state index >= 15 is 0 Å². The third-order valence-corrected chi connectivity index (χ3v) is 5.22. The van der Waals surface area contributed by atoms with Gasteiger partial charge in [-0.05, 0) is 12.1 Å². The molecule has 0 fully saturated rings. The first-order valence-electron chi connectivity index (χ1n) is 8.89. The summed E-state index contributed by atoms with van der Waals surface area (Å²) in [5.41, 5.74) is 2.03. The normalized spacial score (nSPS) is 11.1. The van der Waals surface area contributed by atoms with Gasteiger partial charge < -0.3 is 4.57 Å². The maximum atomic E-state index is 13.7. The number of hydrogen-bond acceptors (Lipinski definition) is 4. The Hall–Kier alpha value is -3.58. The van der Waals surface area contributed by atoms with Crippen LogP contribution in [-0.2, 0) is 11.8 Å². The third-order valence-electron chi connectivity index (χ3n) is 4.25.